The molecule has 4 aliphatic rings. The van der Waals surface area contributed by atoms with Crippen molar-refractivity contribution in [2.24, 2.45) is 23.2 Å². The first-order valence-corrected chi connectivity index (χ1v) is 8.13. The van der Waals surface area contributed by atoms with E-state index in [-0.39, 0.29) is 12.1 Å². The fourth-order valence-corrected chi connectivity index (χ4v) is 5.15. The summed E-state index contributed by atoms with van der Waals surface area (Å²) in [6.07, 6.45) is 9.49. The molecule has 3 nitrogen and oxygen atoms in total. The van der Waals surface area contributed by atoms with Crippen LogP contribution in [0.5, 0.6) is 0 Å². The molecule has 0 aliphatic heterocycles. The van der Waals surface area contributed by atoms with Crippen LogP contribution in [0.2, 0.25) is 0 Å². The van der Waals surface area contributed by atoms with E-state index in [4.69, 9.17) is 0 Å². The molecule has 0 saturated heterocycles. The summed E-state index contributed by atoms with van der Waals surface area (Å²) >= 11 is 0. The summed E-state index contributed by atoms with van der Waals surface area (Å²) in [6, 6.07) is 0.307. The van der Waals surface area contributed by atoms with Crippen molar-refractivity contribution in [3.05, 3.63) is 0 Å². The van der Waals surface area contributed by atoms with Crippen molar-refractivity contribution in [2.45, 2.75) is 64.8 Å². The Balaban J connectivity index is 1.54. The zero-order chi connectivity index (χ0) is 13.5. The maximum atomic E-state index is 11.9. The first-order chi connectivity index (χ1) is 9.08. The van der Waals surface area contributed by atoms with Crippen LogP contribution in [0.4, 0.5) is 4.79 Å². The van der Waals surface area contributed by atoms with Crippen LogP contribution < -0.4 is 10.6 Å². The van der Waals surface area contributed by atoms with E-state index in [0.29, 0.717) is 5.41 Å². The summed E-state index contributed by atoms with van der Waals surface area (Å²) in [4.78, 5) is 11.9. The molecule has 0 aromatic heterocycles. The zero-order valence-electron chi connectivity index (χ0n) is 12.4. The van der Waals surface area contributed by atoms with Crippen LogP contribution in [0.25, 0.3) is 0 Å². The van der Waals surface area contributed by atoms with Crippen LogP contribution in [0.1, 0.15) is 58.8 Å². The molecule has 0 aromatic carbocycles. The molecule has 4 fully saturated rings. The van der Waals surface area contributed by atoms with Crippen LogP contribution in [-0.4, -0.2) is 18.6 Å². The molecule has 4 aliphatic carbocycles. The van der Waals surface area contributed by atoms with Crippen molar-refractivity contribution in [3.63, 3.8) is 0 Å². The number of hydrogen-bond donors (Lipinski definition) is 2. The summed E-state index contributed by atoms with van der Waals surface area (Å²) in [6.45, 7) is 5.06. The Hall–Kier alpha value is -0.730. The summed E-state index contributed by atoms with van der Waals surface area (Å²) in [5, 5.41) is 6.17. The van der Waals surface area contributed by atoms with Crippen molar-refractivity contribution in [1.29, 1.82) is 0 Å². The standard InChI is InChI=1S/C16H28N2O/c1-3-11(2)18-15(19)17-10-16-7-12-4-13(8-16)6-14(5-12)9-16/h11-14H,3-10H2,1-2H3,(H2,17,18,19). The summed E-state index contributed by atoms with van der Waals surface area (Å²) in [7, 11) is 0. The number of urea groups is 1. The number of amides is 2. The Bertz CT molecular complexity index is 317. The van der Waals surface area contributed by atoms with Gasteiger partial charge in [0.1, 0.15) is 0 Å². The van der Waals surface area contributed by atoms with Gasteiger partial charge >= 0.3 is 6.03 Å². The third-order valence-corrected chi connectivity index (χ3v) is 5.78. The first kappa shape index (κ1) is 13.3. The maximum absolute atomic E-state index is 11.9. The van der Waals surface area contributed by atoms with E-state index in [0.717, 1.165) is 30.7 Å². The Morgan fingerprint density at radius 2 is 1.68 bits per heavy atom. The summed E-state index contributed by atoms with van der Waals surface area (Å²) in [5.41, 5.74) is 0.446. The molecular weight excluding hydrogens is 236 g/mol. The van der Waals surface area contributed by atoms with Gasteiger partial charge < -0.3 is 10.6 Å². The van der Waals surface area contributed by atoms with Gasteiger partial charge in [-0.1, -0.05) is 6.92 Å². The predicted molar refractivity (Wildman–Crippen MR) is 76.9 cm³/mol. The van der Waals surface area contributed by atoms with Crippen molar-refractivity contribution in [2.75, 3.05) is 6.54 Å². The molecule has 19 heavy (non-hydrogen) atoms. The highest BCUT2D eigenvalue weighted by Gasteiger charge is 2.50. The molecule has 1 unspecified atom stereocenters. The van der Waals surface area contributed by atoms with E-state index in [1.165, 1.54) is 38.5 Å². The second-order valence-electron chi connectivity index (χ2n) is 7.55. The van der Waals surface area contributed by atoms with Crippen molar-refractivity contribution >= 4 is 6.03 Å². The molecule has 108 valence electrons. The molecule has 0 heterocycles. The molecule has 4 saturated carbocycles. The highest BCUT2D eigenvalue weighted by Crippen LogP contribution is 2.59. The van der Waals surface area contributed by atoms with Crippen LogP contribution in [0, 0.1) is 23.2 Å². The Labute approximate surface area is 116 Å². The second-order valence-corrected chi connectivity index (χ2v) is 7.55. The van der Waals surface area contributed by atoms with E-state index in [9.17, 15) is 4.79 Å². The lowest BCUT2D eigenvalue weighted by molar-refractivity contribution is -0.0498. The van der Waals surface area contributed by atoms with Gasteiger partial charge in [0.05, 0.1) is 0 Å². The molecule has 2 N–H and O–H groups in total. The summed E-state index contributed by atoms with van der Waals surface area (Å²) < 4.78 is 0. The van der Waals surface area contributed by atoms with E-state index in [2.05, 4.69) is 24.5 Å². The van der Waals surface area contributed by atoms with Gasteiger partial charge in [-0.25, -0.2) is 4.79 Å². The highest BCUT2D eigenvalue weighted by molar-refractivity contribution is 5.74. The van der Waals surface area contributed by atoms with E-state index in [1.54, 1.807) is 0 Å². The normalized spacial score (nSPS) is 41.1. The Morgan fingerprint density at radius 1 is 1.16 bits per heavy atom. The zero-order valence-corrected chi connectivity index (χ0v) is 12.4. The maximum Gasteiger partial charge on any atom is 0.315 e. The van der Waals surface area contributed by atoms with Gasteiger partial charge in [-0.3, -0.25) is 0 Å². The quantitative estimate of drug-likeness (QED) is 0.803. The average molecular weight is 264 g/mol. The van der Waals surface area contributed by atoms with Gasteiger partial charge in [-0.15, -0.1) is 0 Å². The van der Waals surface area contributed by atoms with Gasteiger partial charge in [0.15, 0.2) is 0 Å². The SMILES string of the molecule is CCC(C)NC(=O)NCC12CC3CC(CC(C3)C1)C2. The molecule has 4 rings (SSSR count). The van der Waals surface area contributed by atoms with Crippen molar-refractivity contribution < 1.29 is 4.79 Å². The second kappa shape index (κ2) is 4.99. The minimum Gasteiger partial charge on any atom is -0.338 e. The minimum absolute atomic E-state index is 0.0325. The van der Waals surface area contributed by atoms with Gasteiger partial charge in [0.2, 0.25) is 0 Å². The van der Waals surface area contributed by atoms with Gasteiger partial charge in [0.25, 0.3) is 0 Å². The Kier molecular flexibility index (Phi) is 3.48. The summed E-state index contributed by atoms with van der Waals surface area (Å²) in [5.74, 6) is 2.89. The van der Waals surface area contributed by atoms with Gasteiger partial charge in [-0.05, 0) is 75.0 Å². The lowest BCUT2D eigenvalue weighted by Gasteiger charge is -2.56. The molecule has 0 spiro atoms. The lowest BCUT2D eigenvalue weighted by Crippen LogP contribution is -2.52. The molecule has 0 radical (unpaired) electrons. The van der Waals surface area contributed by atoms with Crippen LogP contribution in [0.15, 0.2) is 0 Å². The van der Waals surface area contributed by atoms with Crippen molar-refractivity contribution in [1.82, 2.24) is 10.6 Å². The molecule has 4 bridgehead atoms. The molecular formula is C16H28N2O. The van der Waals surface area contributed by atoms with E-state index >= 15 is 0 Å². The van der Waals surface area contributed by atoms with E-state index in [1.807, 2.05) is 0 Å². The number of nitrogens with one attached hydrogen (secondary N) is 2. The molecule has 3 heteroatoms. The average Bonchev–Trinajstić information content (AvgIpc) is 2.35. The lowest BCUT2D eigenvalue weighted by atomic mass is 9.49. The highest BCUT2D eigenvalue weighted by atomic mass is 16.2. The Morgan fingerprint density at radius 3 is 2.16 bits per heavy atom. The fraction of sp³-hybridized carbons (Fsp3) is 0.938. The largest absolute Gasteiger partial charge is 0.338 e. The van der Waals surface area contributed by atoms with Gasteiger partial charge in [0, 0.05) is 12.6 Å². The molecule has 0 aromatic rings. The van der Waals surface area contributed by atoms with Crippen molar-refractivity contribution in [3.8, 4) is 0 Å². The third-order valence-electron chi connectivity index (χ3n) is 5.78. The molecule has 2 amide bonds. The van der Waals surface area contributed by atoms with Crippen LogP contribution >= 0.6 is 0 Å². The first-order valence-electron chi connectivity index (χ1n) is 8.13. The number of carbonyl (C=O) groups is 1. The third kappa shape index (κ3) is 2.75. The molecule has 1 atom stereocenters. The number of carbonyl (C=O) groups excluding carboxylic acids is 1. The predicted octanol–water partition coefficient (Wildman–Crippen LogP) is 3.30. The fourth-order valence-electron chi connectivity index (χ4n) is 5.15. The number of hydrogen-bond acceptors (Lipinski definition) is 1. The van der Waals surface area contributed by atoms with E-state index < -0.39 is 0 Å². The smallest absolute Gasteiger partial charge is 0.315 e. The topological polar surface area (TPSA) is 41.1 Å². The minimum atomic E-state index is 0.0325. The van der Waals surface area contributed by atoms with Crippen LogP contribution in [0.3, 0.4) is 0 Å². The number of rotatable bonds is 4. The van der Waals surface area contributed by atoms with Gasteiger partial charge in [-0.2, -0.15) is 0 Å². The van der Waals surface area contributed by atoms with Crippen LogP contribution in [-0.2, 0) is 0 Å². The monoisotopic (exact) mass is 264 g/mol.